The Morgan fingerprint density at radius 3 is 2.72 bits per heavy atom. The van der Waals surface area contributed by atoms with E-state index < -0.39 is 11.9 Å². The number of benzene rings is 1. The number of rotatable bonds is 4. The summed E-state index contributed by atoms with van der Waals surface area (Å²) in [5, 5.41) is 12.9. The number of aromatic nitrogens is 1. The number of phenols is 1. The third kappa shape index (κ3) is 3.36. The van der Waals surface area contributed by atoms with Crippen LogP contribution in [0.15, 0.2) is 42.7 Å². The summed E-state index contributed by atoms with van der Waals surface area (Å²) in [5.74, 6) is -0.725. The molecule has 1 aliphatic heterocycles. The lowest BCUT2D eigenvalue weighted by Crippen LogP contribution is -2.46. The predicted molar refractivity (Wildman–Crippen MR) is 93.5 cm³/mol. The van der Waals surface area contributed by atoms with Gasteiger partial charge in [-0.3, -0.25) is 9.59 Å². The number of nitrogens with one attached hydrogen (secondary N) is 1. The Morgan fingerprint density at radius 1 is 1.32 bits per heavy atom. The molecule has 0 aliphatic carbocycles. The fourth-order valence-electron chi connectivity index (χ4n) is 3.15. The number of likely N-dealkylation sites (tertiary alicyclic amines) is 1. The maximum absolute atomic E-state index is 13.0. The predicted octanol–water partition coefficient (Wildman–Crippen LogP) is 0.861. The first kappa shape index (κ1) is 17.0. The molecular weight excluding hydrogens is 320 g/mol. The van der Waals surface area contributed by atoms with Crippen LogP contribution in [0, 0.1) is 0 Å². The minimum atomic E-state index is -0.614. The highest BCUT2D eigenvalue weighted by Crippen LogP contribution is 2.26. The Bertz CT molecular complexity index is 773. The van der Waals surface area contributed by atoms with Gasteiger partial charge in [0.25, 0.3) is 5.91 Å². The lowest BCUT2D eigenvalue weighted by molar-refractivity contribution is -0.124. The van der Waals surface area contributed by atoms with Gasteiger partial charge in [0.15, 0.2) is 0 Å². The number of phenolic OH excluding ortho intramolecular Hbond substituents is 1. The van der Waals surface area contributed by atoms with Crippen molar-refractivity contribution in [3.8, 4) is 11.4 Å². The van der Waals surface area contributed by atoms with Gasteiger partial charge in [-0.2, -0.15) is 0 Å². The number of nitrogens with two attached hydrogens (primary N) is 1. The minimum absolute atomic E-state index is 0.115. The van der Waals surface area contributed by atoms with E-state index in [9.17, 15) is 14.7 Å². The summed E-state index contributed by atoms with van der Waals surface area (Å²) in [7, 11) is 0. The lowest BCUT2D eigenvalue weighted by atomic mass is 10.1. The molecule has 2 aromatic rings. The standard InChI is InChI=1S/C18H22N4O3/c1-2-20-17(24)15-9-12(19)11-22(15)18(25)14-10-13(5-6-16(14)23)21-7-3-4-8-21/h3-8,10,12,15,23H,2,9,11,19H2,1H3,(H,20,24)/t12-,15+/m1/s1. The van der Waals surface area contributed by atoms with Crippen LogP contribution in [0.25, 0.3) is 5.69 Å². The van der Waals surface area contributed by atoms with Crippen LogP contribution in [0.4, 0.5) is 0 Å². The first-order valence-electron chi connectivity index (χ1n) is 8.32. The number of hydrogen-bond donors (Lipinski definition) is 3. The Kier molecular flexibility index (Phi) is 4.76. The van der Waals surface area contributed by atoms with Crippen molar-refractivity contribution in [3.63, 3.8) is 0 Å². The molecule has 1 aromatic heterocycles. The van der Waals surface area contributed by atoms with Gasteiger partial charge in [0.05, 0.1) is 5.56 Å². The summed E-state index contributed by atoms with van der Waals surface area (Å²) in [5.41, 5.74) is 6.89. The quantitative estimate of drug-likeness (QED) is 0.767. The molecule has 2 atom stereocenters. The zero-order valence-electron chi connectivity index (χ0n) is 14.1. The van der Waals surface area contributed by atoms with Crippen LogP contribution in [-0.2, 0) is 4.79 Å². The minimum Gasteiger partial charge on any atom is -0.507 e. The third-order valence-electron chi connectivity index (χ3n) is 4.36. The van der Waals surface area contributed by atoms with E-state index >= 15 is 0 Å². The number of likely N-dealkylation sites (N-methyl/N-ethyl adjacent to an activating group) is 1. The SMILES string of the molecule is CCNC(=O)[C@@H]1C[C@@H](N)CN1C(=O)c1cc(-n2cccc2)ccc1O. The second-order valence-corrected chi connectivity index (χ2v) is 6.16. The normalized spacial score (nSPS) is 19.8. The Balaban J connectivity index is 1.91. The molecule has 4 N–H and O–H groups in total. The van der Waals surface area contributed by atoms with Gasteiger partial charge >= 0.3 is 0 Å². The number of aromatic hydroxyl groups is 1. The zero-order valence-corrected chi connectivity index (χ0v) is 14.1. The summed E-state index contributed by atoms with van der Waals surface area (Å²) in [6.07, 6.45) is 4.11. The smallest absolute Gasteiger partial charge is 0.258 e. The van der Waals surface area contributed by atoms with Crippen LogP contribution in [0.2, 0.25) is 0 Å². The number of amides is 2. The zero-order chi connectivity index (χ0) is 18.0. The van der Waals surface area contributed by atoms with E-state index in [0.29, 0.717) is 13.0 Å². The van der Waals surface area contributed by atoms with E-state index in [0.717, 1.165) is 5.69 Å². The topological polar surface area (TPSA) is 101 Å². The highest BCUT2D eigenvalue weighted by Gasteiger charge is 2.39. The van der Waals surface area contributed by atoms with Crippen molar-refractivity contribution in [1.82, 2.24) is 14.8 Å². The molecule has 1 aromatic carbocycles. The van der Waals surface area contributed by atoms with Gasteiger partial charge in [0.1, 0.15) is 11.8 Å². The van der Waals surface area contributed by atoms with E-state index in [1.54, 1.807) is 12.1 Å². The fraction of sp³-hybridized carbons (Fsp3) is 0.333. The molecule has 25 heavy (non-hydrogen) atoms. The second-order valence-electron chi connectivity index (χ2n) is 6.16. The Morgan fingerprint density at radius 2 is 2.04 bits per heavy atom. The van der Waals surface area contributed by atoms with Crippen molar-refractivity contribution in [2.45, 2.75) is 25.4 Å². The monoisotopic (exact) mass is 342 g/mol. The molecule has 1 aliphatic rings. The van der Waals surface area contributed by atoms with Crippen LogP contribution < -0.4 is 11.1 Å². The molecule has 7 heteroatoms. The number of nitrogens with zero attached hydrogens (tertiary/aromatic N) is 2. The second kappa shape index (κ2) is 6.98. The largest absolute Gasteiger partial charge is 0.507 e. The fourth-order valence-corrected chi connectivity index (χ4v) is 3.15. The maximum atomic E-state index is 13.0. The van der Waals surface area contributed by atoms with Crippen molar-refractivity contribution in [2.75, 3.05) is 13.1 Å². The molecule has 0 bridgehead atoms. The van der Waals surface area contributed by atoms with Crippen molar-refractivity contribution in [1.29, 1.82) is 0 Å². The average Bonchev–Trinajstić information content (AvgIpc) is 3.24. The molecule has 1 fully saturated rings. The van der Waals surface area contributed by atoms with Gasteiger partial charge in [-0.1, -0.05) is 0 Å². The van der Waals surface area contributed by atoms with Gasteiger partial charge in [-0.25, -0.2) is 0 Å². The van der Waals surface area contributed by atoms with E-state index in [-0.39, 0.29) is 29.8 Å². The van der Waals surface area contributed by atoms with Crippen molar-refractivity contribution in [3.05, 3.63) is 48.3 Å². The van der Waals surface area contributed by atoms with Crippen LogP contribution in [0.5, 0.6) is 5.75 Å². The lowest BCUT2D eigenvalue weighted by Gasteiger charge is -2.24. The highest BCUT2D eigenvalue weighted by molar-refractivity contribution is 6.00. The molecule has 0 radical (unpaired) electrons. The van der Waals surface area contributed by atoms with Crippen LogP contribution >= 0.6 is 0 Å². The van der Waals surface area contributed by atoms with Crippen molar-refractivity contribution in [2.24, 2.45) is 5.73 Å². The Labute approximate surface area is 146 Å². The first-order chi connectivity index (χ1) is 12.0. The number of hydrogen-bond acceptors (Lipinski definition) is 4. The molecule has 2 amide bonds. The third-order valence-corrected chi connectivity index (χ3v) is 4.36. The summed E-state index contributed by atoms with van der Waals surface area (Å²) in [6.45, 7) is 2.60. The van der Waals surface area contributed by atoms with Gasteiger partial charge < -0.3 is 25.6 Å². The van der Waals surface area contributed by atoms with E-state index in [4.69, 9.17) is 5.73 Å². The molecule has 0 unspecified atom stereocenters. The molecule has 1 saturated heterocycles. The van der Waals surface area contributed by atoms with Gasteiger partial charge in [-0.15, -0.1) is 0 Å². The molecule has 7 nitrogen and oxygen atoms in total. The summed E-state index contributed by atoms with van der Waals surface area (Å²) < 4.78 is 1.84. The number of carbonyl (C=O) groups excluding carboxylic acids is 2. The van der Waals surface area contributed by atoms with E-state index in [1.165, 1.54) is 11.0 Å². The number of carbonyl (C=O) groups is 2. The van der Waals surface area contributed by atoms with Gasteiger partial charge in [-0.05, 0) is 43.7 Å². The van der Waals surface area contributed by atoms with E-state index in [1.807, 2.05) is 36.0 Å². The van der Waals surface area contributed by atoms with Crippen LogP contribution in [0.3, 0.4) is 0 Å². The molecule has 3 rings (SSSR count). The molecule has 0 spiro atoms. The summed E-state index contributed by atoms with van der Waals surface area (Å²) in [4.78, 5) is 26.7. The molecule has 2 heterocycles. The maximum Gasteiger partial charge on any atom is 0.258 e. The molecule has 132 valence electrons. The van der Waals surface area contributed by atoms with Gasteiger partial charge in [0, 0.05) is 37.2 Å². The Hall–Kier alpha value is -2.80. The molecular formula is C18H22N4O3. The highest BCUT2D eigenvalue weighted by atomic mass is 16.3. The molecule has 0 saturated carbocycles. The summed E-state index contributed by atoms with van der Waals surface area (Å²) in [6, 6.07) is 7.71. The van der Waals surface area contributed by atoms with Gasteiger partial charge in [0.2, 0.25) is 5.91 Å². The van der Waals surface area contributed by atoms with Crippen molar-refractivity contribution >= 4 is 11.8 Å². The average molecular weight is 342 g/mol. The van der Waals surface area contributed by atoms with E-state index in [2.05, 4.69) is 5.32 Å². The summed E-state index contributed by atoms with van der Waals surface area (Å²) >= 11 is 0. The van der Waals surface area contributed by atoms with Crippen LogP contribution in [0.1, 0.15) is 23.7 Å². The van der Waals surface area contributed by atoms with Crippen LogP contribution in [-0.4, -0.2) is 51.6 Å². The van der Waals surface area contributed by atoms with Crippen molar-refractivity contribution < 1.29 is 14.7 Å². The first-order valence-corrected chi connectivity index (χ1v) is 8.32.